The fraction of sp³-hybridized carbons (Fsp3) is 0.500. The van der Waals surface area contributed by atoms with Gasteiger partial charge >= 0.3 is 0 Å². The van der Waals surface area contributed by atoms with Crippen LogP contribution in [0, 0.1) is 19.3 Å². The van der Waals surface area contributed by atoms with E-state index in [1.165, 1.54) is 15.3 Å². The van der Waals surface area contributed by atoms with Crippen molar-refractivity contribution in [2.24, 2.45) is 5.41 Å². The molecular formula is C12H18S. The smallest absolute Gasteiger partial charge is 0.00892 e. The summed E-state index contributed by atoms with van der Waals surface area (Å²) in [4.78, 5) is 2.81. The Morgan fingerprint density at radius 3 is 2.23 bits per heavy atom. The Morgan fingerprint density at radius 2 is 1.85 bits per heavy atom. The monoisotopic (exact) mass is 194 g/mol. The molecule has 13 heavy (non-hydrogen) atoms. The van der Waals surface area contributed by atoms with Crippen molar-refractivity contribution < 1.29 is 0 Å². The van der Waals surface area contributed by atoms with E-state index < -0.39 is 0 Å². The van der Waals surface area contributed by atoms with Crippen LogP contribution in [0.25, 0.3) is 6.08 Å². The maximum absolute atomic E-state index is 2.27. The molecule has 1 heterocycles. The Hall–Kier alpha value is -0.560. The van der Waals surface area contributed by atoms with Gasteiger partial charge in [-0.05, 0) is 30.9 Å². The maximum Gasteiger partial charge on any atom is 0.00892 e. The van der Waals surface area contributed by atoms with E-state index in [1.54, 1.807) is 0 Å². The molecule has 0 fully saturated rings. The molecule has 0 spiro atoms. The fourth-order valence-electron chi connectivity index (χ4n) is 1.16. The minimum atomic E-state index is 0.280. The largest absolute Gasteiger partial charge is 0.145 e. The van der Waals surface area contributed by atoms with Crippen LogP contribution in [0.5, 0.6) is 0 Å². The third-order valence-corrected chi connectivity index (χ3v) is 2.82. The van der Waals surface area contributed by atoms with Gasteiger partial charge in [0.1, 0.15) is 0 Å². The molecule has 1 aromatic heterocycles. The van der Waals surface area contributed by atoms with E-state index in [1.807, 2.05) is 11.3 Å². The van der Waals surface area contributed by atoms with Crippen LogP contribution in [0.3, 0.4) is 0 Å². The van der Waals surface area contributed by atoms with E-state index in [9.17, 15) is 0 Å². The Kier molecular flexibility index (Phi) is 2.97. The Bertz CT molecular complexity index is 310. The average Bonchev–Trinajstić information content (AvgIpc) is 2.24. The number of hydrogen-bond donors (Lipinski definition) is 0. The first kappa shape index (κ1) is 10.5. The van der Waals surface area contributed by atoms with Crippen molar-refractivity contribution in [2.75, 3.05) is 0 Å². The minimum absolute atomic E-state index is 0.280. The van der Waals surface area contributed by atoms with Crippen LogP contribution in [0.15, 0.2) is 12.1 Å². The summed E-state index contributed by atoms with van der Waals surface area (Å²) in [6.45, 7) is 11.0. The van der Waals surface area contributed by atoms with Crippen molar-refractivity contribution in [3.63, 3.8) is 0 Å². The summed E-state index contributed by atoms with van der Waals surface area (Å²) >= 11 is 1.87. The standard InChI is InChI=1S/C12H18S/c1-9-8-11(10(2)13-9)6-7-12(3,4)5/h6-8H,1-5H3/b7-6+. The molecule has 0 aromatic carbocycles. The molecule has 1 aromatic rings. The first-order chi connectivity index (χ1) is 5.88. The van der Waals surface area contributed by atoms with Gasteiger partial charge in [-0.15, -0.1) is 11.3 Å². The van der Waals surface area contributed by atoms with Gasteiger partial charge in [0, 0.05) is 9.75 Å². The number of rotatable bonds is 1. The van der Waals surface area contributed by atoms with Crippen molar-refractivity contribution in [3.05, 3.63) is 27.5 Å². The predicted octanol–water partition coefficient (Wildman–Crippen LogP) is 4.42. The third-order valence-electron chi connectivity index (χ3n) is 1.84. The highest BCUT2D eigenvalue weighted by Gasteiger charge is 2.05. The van der Waals surface area contributed by atoms with Crippen molar-refractivity contribution in [1.82, 2.24) is 0 Å². The Labute approximate surface area is 85.3 Å². The summed E-state index contributed by atoms with van der Waals surface area (Å²) in [7, 11) is 0. The van der Waals surface area contributed by atoms with Crippen LogP contribution in [-0.4, -0.2) is 0 Å². The van der Waals surface area contributed by atoms with Crippen LogP contribution in [0.2, 0.25) is 0 Å². The molecule has 0 bridgehead atoms. The molecule has 0 saturated heterocycles. The van der Waals surface area contributed by atoms with Gasteiger partial charge in [-0.1, -0.05) is 32.9 Å². The van der Waals surface area contributed by atoms with Gasteiger partial charge in [0.25, 0.3) is 0 Å². The topological polar surface area (TPSA) is 0 Å². The summed E-state index contributed by atoms with van der Waals surface area (Å²) in [5, 5.41) is 0. The molecule has 0 saturated carbocycles. The van der Waals surface area contributed by atoms with Crippen LogP contribution in [0.4, 0.5) is 0 Å². The lowest BCUT2D eigenvalue weighted by Gasteiger charge is -2.10. The predicted molar refractivity (Wildman–Crippen MR) is 62.3 cm³/mol. The van der Waals surface area contributed by atoms with Gasteiger partial charge in [0.15, 0.2) is 0 Å². The van der Waals surface area contributed by atoms with Crippen LogP contribution in [-0.2, 0) is 0 Å². The summed E-state index contributed by atoms with van der Waals surface area (Å²) in [6, 6.07) is 2.25. The van der Waals surface area contributed by atoms with Crippen molar-refractivity contribution in [3.8, 4) is 0 Å². The molecule has 0 unspecified atom stereocenters. The Morgan fingerprint density at radius 1 is 1.23 bits per heavy atom. The second-order valence-electron chi connectivity index (χ2n) is 4.57. The first-order valence-electron chi connectivity index (χ1n) is 4.65. The lowest BCUT2D eigenvalue weighted by Crippen LogP contribution is -1.97. The number of thiophene rings is 1. The highest BCUT2D eigenvalue weighted by atomic mass is 32.1. The van der Waals surface area contributed by atoms with E-state index in [-0.39, 0.29) is 5.41 Å². The second-order valence-corrected chi connectivity index (χ2v) is 6.03. The van der Waals surface area contributed by atoms with Crippen molar-refractivity contribution in [1.29, 1.82) is 0 Å². The molecule has 1 rings (SSSR count). The lowest BCUT2D eigenvalue weighted by atomic mass is 9.95. The van der Waals surface area contributed by atoms with Crippen LogP contribution >= 0.6 is 11.3 Å². The number of hydrogen-bond acceptors (Lipinski definition) is 1. The van der Waals surface area contributed by atoms with E-state index in [4.69, 9.17) is 0 Å². The summed E-state index contributed by atoms with van der Waals surface area (Å²) in [5.74, 6) is 0. The third kappa shape index (κ3) is 3.35. The molecule has 72 valence electrons. The zero-order chi connectivity index (χ0) is 10.1. The molecule has 1 heteroatoms. The highest BCUT2D eigenvalue weighted by Crippen LogP contribution is 2.24. The highest BCUT2D eigenvalue weighted by molar-refractivity contribution is 7.12. The molecule has 0 aliphatic heterocycles. The average molecular weight is 194 g/mol. The summed E-state index contributed by atoms with van der Waals surface area (Å²) in [6.07, 6.45) is 4.50. The SMILES string of the molecule is Cc1cc(/C=C/C(C)(C)C)c(C)s1. The minimum Gasteiger partial charge on any atom is -0.145 e. The fourth-order valence-corrected chi connectivity index (χ4v) is 2.07. The quantitative estimate of drug-likeness (QED) is 0.620. The zero-order valence-corrected chi connectivity index (χ0v) is 9.96. The van der Waals surface area contributed by atoms with E-state index in [2.05, 4.69) is 52.8 Å². The zero-order valence-electron chi connectivity index (χ0n) is 9.14. The number of aryl methyl sites for hydroxylation is 2. The molecule has 0 aliphatic carbocycles. The molecule has 0 N–H and O–H groups in total. The molecule has 0 nitrogen and oxygen atoms in total. The van der Waals surface area contributed by atoms with Gasteiger partial charge in [-0.2, -0.15) is 0 Å². The Balaban J connectivity index is 2.86. The summed E-state index contributed by atoms with van der Waals surface area (Å²) in [5.41, 5.74) is 1.65. The summed E-state index contributed by atoms with van der Waals surface area (Å²) < 4.78 is 0. The molecule has 0 radical (unpaired) electrons. The van der Waals surface area contributed by atoms with Gasteiger partial charge in [0.05, 0.1) is 0 Å². The van der Waals surface area contributed by atoms with Crippen molar-refractivity contribution in [2.45, 2.75) is 34.6 Å². The van der Waals surface area contributed by atoms with Crippen LogP contribution in [0.1, 0.15) is 36.1 Å². The molecule has 0 aliphatic rings. The van der Waals surface area contributed by atoms with Gasteiger partial charge in [-0.25, -0.2) is 0 Å². The molecule has 0 atom stereocenters. The van der Waals surface area contributed by atoms with Gasteiger partial charge < -0.3 is 0 Å². The van der Waals surface area contributed by atoms with Crippen LogP contribution < -0.4 is 0 Å². The molecule has 0 amide bonds. The number of allylic oxidation sites excluding steroid dienone is 1. The normalized spacial score (nSPS) is 12.7. The van der Waals surface area contributed by atoms with Crippen molar-refractivity contribution >= 4 is 17.4 Å². The maximum atomic E-state index is 2.27. The molecular weight excluding hydrogens is 176 g/mol. The van der Waals surface area contributed by atoms with E-state index >= 15 is 0 Å². The van der Waals surface area contributed by atoms with Gasteiger partial charge in [-0.3, -0.25) is 0 Å². The lowest BCUT2D eigenvalue weighted by molar-refractivity contribution is 0.547. The second kappa shape index (κ2) is 3.67. The van der Waals surface area contributed by atoms with E-state index in [0.717, 1.165) is 0 Å². The van der Waals surface area contributed by atoms with E-state index in [0.29, 0.717) is 0 Å². The van der Waals surface area contributed by atoms with Gasteiger partial charge in [0.2, 0.25) is 0 Å². The first-order valence-corrected chi connectivity index (χ1v) is 5.46.